The molecule has 3 heteroatoms. The van der Waals surface area contributed by atoms with E-state index in [4.69, 9.17) is 0 Å². The van der Waals surface area contributed by atoms with E-state index in [2.05, 4.69) is 20.8 Å². The quantitative estimate of drug-likeness (QED) is 0.193. The molecule has 0 aromatic carbocycles. The molecule has 0 spiro atoms. The Balaban J connectivity index is 0.960. The van der Waals surface area contributed by atoms with Crippen LogP contribution in [0.1, 0.15) is 278 Å². The molecule has 0 aromatic rings. The summed E-state index contributed by atoms with van der Waals surface area (Å²) in [6, 6.07) is 0. The van der Waals surface area contributed by atoms with Gasteiger partial charge in [0.25, 0.3) is 0 Å². The third-order valence-electron chi connectivity index (χ3n) is 26.0. The lowest BCUT2D eigenvalue weighted by molar-refractivity contribution is -0.148. The number of hydrogen-bond acceptors (Lipinski definition) is 3. The van der Waals surface area contributed by atoms with Crippen molar-refractivity contribution in [2.24, 2.45) is 111 Å². The van der Waals surface area contributed by atoms with E-state index < -0.39 is 0 Å². The highest BCUT2D eigenvalue weighted by atomic mass is 16.3. The van der Waals surface area contributed by atoms with E-state index in [9.17, 15) is 15.3 Å². The molecule has 0 heterocycles. The minimum Gasteiger partial charge on any atom is -0.393 e. The van der Waals surface area contributed by atoms with E-state index in [0.29, 0.717) is 52.8 Å². The van der Waals surface area contributed by atoms with Crippen molar-refractivity contribution in [1.82, 2.24) is 0 Å². The molecule has 10 fully saturated rings. The molecule has 68 heavy (non-hydrogen) atoms. The molecule has 10 aliphatic rings. The molecular weight excluding hydrogens is 829 g/mol. The van der Waals surface area contributed by atoms with Crippen LogP contribution in [0.3, 0.4) is 0 Å². The van der Waals surface area contributed by atoms with Crippen LogP contribution in [-0.4, -0.2) is 33.6 Å². The van der Waals surface area contributed by atoms with Crippen LogP contribution < -0.4 is 0 Å². The molecule has 0 aromatic heterocycles. The molecule has 0 aliphatic heterocycles. The summed E-state index contributed by atoms with van der Waals surface area (Å²) >= 11 is 0. The van der Waals surface area contributed by atoms with Crippen molar-refractivity contribution in [3.8, 4) is 0 Å². The maximum Gasteiger partial charge on any atom is 0.0602 e. The van der Waals surface area contributed by atoms with E-state index in [0.717, 1.165) is 53.3 Å². The highest BCUT2D eigenvalue weighted by Gasteiger charge is 2.58. The average Bonchev–Trinajstić information content (AvgIpc) is 3.40. The van der Waals surface area contributed by atoms with Crippen LogP contribution in [0.15, 0.2) is 0 Å². The van der Waals surface area contributed by atoms with Gasteiger partial charge in [0.05, 0.1) is 18.3 Å². The predicted octanol–water partition coefficient (Wildman–Crippen LogP) is 17.3. The highest BCUT2D eigenvalue weighted by Crippen LogP contribution is 2.65. The van der Waals surface area contributed by atoms with Gasteiger partial charge in [-0.3, -0.25) is 0 Å². The van der Waals surface area contributed by atoms with Crippen LogP contribution >= 0.6 is 0 Å². The van der Waals surface area contributed by atoms with Gasteiger partial charge in [0, 0.05) is 0 Å². The Bertz CT molecular complexity index is 1350. The monoisotopic (exact) mass is 941 g/mol. The standard InChI is InChI=1S/C65H112O3/c1-64(2,52-38-55(44-22-10-4-11-23-44)61(66)56(39-52)45-24-12-5-13-25-45)50-34-36-51(37-35-50)65(3,53-40-57(46-26-14-6-15-27-46)62(67)58(41-53)47-28-16-7-17-29-47)54-42-59(48-30-18-8-19-31-48)63(68)60(43-54)49-32-20-9-21-33-49/h44-63,66-68H,4-43H2,1-3H3. The molecule has 0 saturated heterocycles. The second-order valence-corrected chi connectivity index (χ2v) is 29.1. The largest absolute Gasteiger partial charge is 0.393 e. The molecule has 0 amide bonds. The van der Waals surface area contributed by atoms with Crippen molar-refractivity contribution in [3.63, 3.8) is 0 Å². The number of aliphatic hydroxyl groups is 3. The summed E-state index contributed by atoms with van der Waals surface area (Å²) in [5, 5.41) is 38.0. The predicted molar refractivity (Wildman–Crippen MR) is 284 cm³/mol. The third kappa shape index (κ3) is 10.8. The third-order valence-corrected chi connectivity index (χ3v) is 26.0. The van der Waals surface area contributed by atoms with Crippen molar-refractivity contribution in [2.45, 2.75) is 296 Å². The van der Waals surface area contributed by atoms with Crippen LogP contribution in [0.25, 0.3) is 0 Å². The van der Waals surface area contributed by atoms with Crippen molar-refractivity contribution in [1.29, 1.82) is 0 Å². The fraction of sp³-hybridized carbons (Fsp3) is 1.00. The van der Waals surface area contributed by atoms with Crippen molar-refractivity contribution in [3.05, 3.63) is 0 Å². The van der Waals surface area contributed by atoms with Gasteiger partial charge in [-0.1, -0.05) is 213 Å². The topological polar surface area (TPSA) is 60.7 Å². The first-order valence-corrected chi connectivity index (χ1v) is 32.1. The molecule has 0 radical (unpaired) electrons. The van der Waals surface area contributed by atoms with Crippen LogP contribution in [0.2, 0.25) is 0 Å². The summed E-state index contributed by atoms with van der Waals surface area (Å²) in [5.74, 6) is 11.3. The first kappa shape index (κ1) is 51.4. The Morgan fingerprint density at radius 2 is 0.441 bits per heavy atom. The molecule has 10 aliphatic carbocycles. The van der Waals surface area contributed by atoms with Gasteiger partial charge in [0.15, 0.2) is 0 Å². The van der Waals surface area contributed by atoms with E-state index in [1.807, 2.05) is 0 Å². The molecule has 3 N–H and O–H groups in total. The van der Waals surface area contributed by atoms with Gasteiger partial charge < -0.3 is 15.3 Å². The number of aliphatic hydroxyl groups excluding tert-OH is 3. The van der Waals surface area contributed by atoms with Gasteiger partial charge >= 0.3 is 0 Å². The van der Waals surface area contributed by atoms with E-state index in [-0.39, 0.29) is 23.7 Å². The Morgan fingerprint density at radius 1 is 0.235 bits per heavy atom. The summed E-state index contributed by atoms with van der Waals surface area (Å²) in [6.45, 7) is 8.47. The zero-order chi connectivity index (χ0) is 46.8. The summed E-state index contributed by atoms with van der Waals surface area (Å²) in [4.78, 5) is 0. The van der Waals surface area contributed by atoms with Gasteiger partial charge in [0.2, 0.25) is 0 Å². The molecule has 3 nitrogen and oxygen atoms in total. The molecule has 0 bridgehead atoms. The summed E-state index contributed by atoms with van der Waals surface area (Å²) in [5.41, 5.74) is 0.601. The zero-order valence-corrected chi connectivity index (χ0v) is 45.2. The van der Waals surface area contributed by atoms with Crippen LogP contribution in [0.4, 0.5) is 0 Å². The van der Waals surface area contributed by atoms with Gasteiger partial charge in [-0.05, 0) is 176 Å². The maximum absolute atomic E-state index is 12.8. The lowest BCUT2D eigenvalue weighted by atomic mass is 9.45. The van der Waals surface area contributed by atoms with E-state index in [1.165, 1.54) is 257 Å². The Hall–Kier alpha value is -0.120. The number of hydrogen-bond donors (Lipinski definition) is 3. The first-order chi connectivity index (χ1) is 33.1. The molecular formula is C65H112O3. The van der Waals surface area contributed by atoms with E-state index >= 15 is 0 Å². The second-order valence-electron chi connectivity index (χ2n) is 29.1. The fourth-order valence-corrected chi connectivity index (χ4v) is 21.7. The minimum absolute atomic E-state index is 0.0579. The first-order valence-electron chi connectivity index (χ1n) is 32.1. The van der Waals surface area contributed by atoms with Crippen molar-refractivity contribution < 1.29 is 15.3 Å². The minimum atomic E-state index is -0.0831. The summed E-state index contributed by atoms with van der Waals surface area (Å²) < 4.78 is 0. The maximum atomic E-state index is 12.8. The van der Waals surface area contributed by atoms with Gasteiger partial charge in [-0.2, -0.15) is 0 Å². The lowest BCUT2D eigenvalue weighted by Crippen LogP contribution is -2.55. The molecule has 390 valence electrons. The van der Waals surface area contributed by atoms with E-state index in [1.54, 1.807) is 0 Å². The Labute approximate surface area is 420 Å². The Morgan fingerprint density at radius 3 is 0.676 bits per heavy atom. The van der Waals surface area contributed by atoms with Crippen molar-refractivity contribution in [2.75, 3.05) is 0 Å². The van der Waals surface area contributed by atoms with Gasteiger partial charge in [0.1, 0.15) is 0 Å². The Kier molecular flexibility index (Phi) is 17.5. The van der Waals surface area contributed by atoms with Crippen molar-refractivity contribution >= 4 is 0 Å². The fourth-order valence-electron chi connectivity index (χ4n) is 21.7. The second kappa shape index (κ2) is 23.2. The van der Waals surface area contributed by atoms with Crippen LogP contribution in [0.5, 0.6) is 0 Å². The number of rotatable bonds is 11. The van der Waals surface area contributed by atoms with Crippen LogP contribution in [-0.2, 0) is 0 Å². The lowest BCUT2D eigenvalue weighted by Gasteiger charge is -2.60. The van der Waals surface area contributed by atoms with Gasteiger partial charge in [-0.25, -0.2) is 0 Å². The molecule has 6 atom stereocenters. The highest BCUT2D eigenvalue weighted by molar-refractivity contribution is 5.08. The summed E-state index contributed by atoms with van der Waals surface area (Å²) in [7, 11) is 0. The smallest absolute Gasteiger partial charge is 0.0602 e. The molecule has 6 unspecified atom stereocenters. The zero-order valence-electron chi connectivity index (χ0n) is 45.2. The SMILES string of the molecule is CC(C)(C1CCC(C(C)(C2CC(C3CCCCC3)C(O)C(C3CCCCC3)C2)C2CC(C3CCCCC3)C(O)C(C3CCCCC3)C2)CC1)C1CC(C2CCCCC2)C(O)C(C2CCCCC2)C1. The molecule has 10 rings (SSSR count). The van der Waals surface area contributed by atoms with Crippen LogP contribution in [0, 0.1) is 111 Å². The average molecular weight is 942 g/mol. The molecule has 10 saturated carbocycles. The summed E-state index contributed by atoms with van der Waals surface area (Å²) in [6.07, 6.45) is 54.8. The normalized spacial score (nSPS) is 43.5. The van der Waals surface area contributed by atoms with Gasteiger partial charge in [-0.15, -0.1) is 0 Å².